The fourth-order valence-corrected chi connectivity index (χ4v) is 3.43. The highest BCUT2D eigenvalue weighted by atomic mass is 35.5. The highest BCUT2D eigenvalue weighted by Crippen LogP contribution is 2.29. The fraction of sp³-hybridized carbons (Fsp3) is 0.474. The Hall–Kier alpha value is -1.85. The average molecular weight is 363 g/mol. The lowest BCUT2D eigenvalue weighted by atomic mass is 9.89. The molecule has 3 atom stereocenters. The van der Waals surface area contributed by atoms with Gasteiger partial charge in [-0.1, -0.05) is 36.8 Å². The summed E-state index contributed by atoms with van der Waals surface area (Å²) in [4.78, 5) is 12.9. The smallest absolute Gasteiger partial charge is 0.225 e. The van der Waals surface area contributed by atoms with E-state index in [9.17, 15) is 4.79 Å². The number of carbonyl (C=O) groups excluding carboxylic acids is 1. The molecule has 2 N–H and O–H groups in total. The Morgan fingerprint density at radius 1 is 1.36 bits per heavy atom. The average Bonchev–Trinajstić information content (AvgIpc) is 3.22. The lowest BCUT2D eigenvalue weighted by Crippen LogP contribution is -2.36. The van der Waals surface area contributed by atoms with Crippen LogP contribution in [0.5, 0.6) is 0 Å². The van der Waals surface area contributed by atoms with Crippen molar-refractivity contribution < 1.29 is 4.79 Å². The van der Waals surface area contributed by atoms with E-state index < -0.39 is 0 Å². The molecule has 2 aromatic rings. The van der Waals surface area contributed by atoms with Crippen molar-refractivity contribution in [1.82, 2.24) is 20.4 Å². The Balaban J connectivity index is 0.00000225. The summed E-state index contributed by atoms with van der Waals surface area (Å²) in [5.41, 5.74) is 3.53. The van der Waals surface area contributed by atoms with Crippen molar-refractivity contribution in [3.63, 3.8) is 0 Å². The second-order valence-corrected chi connectivity index (χ2v) is 6.70. The number of carbonyl (C=O) groups is 1. The molecule has 1 amide bonds. The van der Waals surface area contributed by atoms with Crippen LogP contribution in [0.25, 0.3) is 0 Å². The Bertz CT molecular complexity index is 698. The molecule has 2 heterocycles. The maximum absolute atomic E-state index is 12.9. The Morgan fingerprint density at radius 2 is 2.08 bits per heavy atom. The van der Waals surface area contributed by atoms with Gasteiger partial charge in [0.15, 0.2) is 0 Å². The van der Waals surface area contributed by atoms with Crippen molar-refractivity contribution in [2.45, 2.75) is 32.2 Å². The van der Waals surface area contributed by atoms with E-state index in [-0.39, 0.29) is 36.2 Å². The summed E-state index contributed by atoms with van der Waals surface area (Å²) in [6.45, 7) is 5.73. The quantitative estimate of drug-likeness (QED) is 0.859. The predicted octanol–water partition coefficient (Wildman–Crippen LogP) is 2.72. The first-order chi connectivity index (χ1) is 11.6. The maximum Gasteiger partial charge on any atom is 0.225 e. The zero-order chi connectivity index (χ0) is 17.1. The number of halogens is 1. The first-order valence-corrected chi connectivity index (χ1v) is 8.64. The number of nitrogens with zero attached hydrogens (tertiary/aromatic N) is 2. The highest BCUT2D eigenvalue weighted by molar-refractivity contribution is 5.85. The first kappa shape index (κ1) is 19.5. The van der Waals surface area contributed by atoms with Crippen LogP contribution < -0.4 is 10.6 Å². The number of amides is 1. The minimum atomic E-state index is -0.0475. The van der Waals surface area contributed by atoms with E-state index in [2.05, 4.69) is 53.8 Å². The third-order valence-corrected chi connectivity index (χ3v) is 4.91. The monoisotopic (exact) mass is 362 g/mol. The summed E-state index contributed by atoms with van der Waals surface area (Å²) in [7, 11) is 1.91. The largest absolute Gasteiger partial charge is 0.349 e. The summed E-state index contributed by atoms with van der Waals surface area (Å²) < 4.78 is 1.80. The van der Waals surface area contributed by atoms with Crippen LogP contribution in [0.1, 0.15) is 42.0 Å². The molecule has 136 valence electrons. The molecule has 1 saturated heterocycles. The van der Waals surface area contributed by atoms with E-state index in [1.54, 1.807) is 4.68 Å². The summed E-state index contributed by atoms with van der Waals surface area (Å²) in [6.07, 6.45) is 4.76. The van der Waals surface area contributed by atoms with Gasteiger partial charge >= 0.3 is 0 Å². The van der Waals surface area contributed by atoms with E-state index >= 15 is 0 Å². The molecule has 0 bridgehead atoms. The van der Waals surface area contributed by atoms with Crippen molar-refractivity contribution in [3.05, 3.63) is 53.3 Å². The van der Waals surface area contributed by atoms with Gasteiger partial charge in [0.25, 0.3) is 0 Å². The highest BCUT2D eigenvalue weighted by Gasteiger charge is 2.35. The molecule has 1 unspecified atom stereocenters. The van der Waals surface area contributed by atoms with Gasteiger partial charge in [0.2, 0.25) is 5.91 Å². The molecule has 1 aliphatic rings. The van der Waals surface area contributed by atoms with Crippen LogP contribution in [-0.4, -0.2) is 28.8 Å². The van der Waals surface area contributed by atoms with Crippen LogP contribution in [0.3, 0.4) is 0 Å². The molecule has 1 aromatic heterocycles. The van der Waals surface area contributed by atoms with E-state index in [0.717, 1.165) is 25.1 Å². The Morgan fingerprint density at radius 3 is 2.68 bits per heavy atom. The molecule has 1 fully saturated rings. The lowest BCUT2D eigenvalue weighted by Gasteiger charge is -2.22. The van der Waals surface area contributed by atoms with Crippen molar-refractivity contribution >= 4 is 18.3 Å². The van der Waals surface area contributed by atoms with Gasteiger partial charge in [0.1, 0.15) is 0 Å². The summed E-state index contributed by atoms with van der Waals surface area (Å²) in [6, 6.07) is 8.47. The summed E-state index contributed by atoms with van der Waals surface area (Å²) in [5, 5.41) is 10.8. The van der Waals surface area contributed by atoms with Gasteiger partial charge in [-0.3, -0.25) is 9.48 Å². The molecule has 1 aromatic carbocycles. The van der Waals surface area contributed by atoms with Crippen LogP contribution in [-0.2, 0) is 11.8 Å². The van der Waals surface area contributed by atoms with Gasteiger partial charge in [-0.2, -0.15) is 5.10 Å². The Labute approximate surface area is 155 Å². The van der Waals surface area contributed by atoms with Gasteiger partial charge in [-0.15, -0.1) is 12.4 Å². The molecular weight excluding hydrogens is 336 g/mol. The van der Waals surface area contributed by atoms with Crippen molar-refractivity contribution in [1.29, 1.82) is 0 Å². The number of rotatable bonds is 5. The van der Waals surface area contributed by atoms with Gasteiger partial charge in [0, 0.05) is 32.3 Å². The molecule has 0 aliphatic carbocycles. The van der Waals surface area contributed by atoms with Crippen molar-refractivity contribution in [2.75, 3.05) is 13.1 Å². The predicted molar refractivity (Wildman–Crippen MR) is 102 cm³/mol. The van der Waals surface area contributed by atoms with Crippen molar-refractivity contribution in [2.24, 2.45) is 13.0 Å². The molecule has 6 heteroatoms. The van der Waals surface area contributed by atoms with Crippen LogP contribution in [0, 0.1) is 12.8 Å². The summed E-state index contributed by atoms with van der Waals surface area (Å²) in [5.74, 6) is 0.268. The third-order valence-electron chi connectivity index (χ3n) is 4.91. The Kier molecular flexibility index (Phi) is 6.62. The number of hydrogen-bond acceptors (Lipinski definition) is 3. The van der Waals surface area contributed by atoms with Crippen LogP contribution >= 0.6 is 12.4 Å². The summed E-state index contributed by atoms with van der Waals surface area (Å²) >= 11 is 0. The topological polar surface area (TPSA) is 59.0 Å². The number of aryl methyl sites for hydroxylation is 2. The molecule has 0 radical (unpaired) electrons. The second-order valence-electron chi connectivity index (χ2n) is 6.70. The third kappa shape index (κ3) is 4.41. The van der Waals surface area contributed by atoms with Gasteiger partial charge in [-0.25, -0.2) is 0 Å². The van der Waals surface area contributed by atoms with Gasteiger partial charge in [-0.05, 0) is 24.5 Å². The fourth-order valence-electron chi connectivity index (χ4n) is 3.43. The number of hydrogen-bond donors (Lipinski definition) is 2. The first-order valence-electron chi connectivity index (χ1n) is 8.64. The molecule has 0 spiro atoms. The zero-order valence-corrected chi connectivity index (χ0v) is 15.8. The van der Waals surface area contributed by atoms with Crippen LogP contribution in [0.15, 0.2) is 36.7 Å². The molecule has 3 rings (SSSR count). The van der Waals surface area contributed by atoms with E-state index in [0.29, 0.717) is 0 Å². The SMILES string of the molecule is CCC(NC(=O)[C@H]1CNC[C@@H]1c1cnn(C)c1)c1ccc(C)cc1.Cl. The molecule has 1 aliphatic heterocycles. The van der Waals surface area contributed by atoms with E-state index in [4.69, 9.17) is 0 Å². The standard InChI is InChI=1S/C19H26N4O.ClH/c1-4-18(14-7-5-13(2)6-8-14)22-19(24)17-11-20-10-16(17)15-9-21-23(3)12-15;/h5-9,12,16-18,20H,4,10-11H2,1-3H3,(H,22,24);1H/t16-,17+,18?;/m1./s1. The molecule has 25 heavy (non-hydrogen) atoms. The lowest BCUT2D eigenvalue weighted by molar-refractivity contribution is -0.125. The molecular formula is C19H27ClN4O. The van der Waals surface area contributed by atoms with Gasteiger partial charge < -0.3 is 10.6 Å². The van der Waals surface area contributed by atoms with E-state index in [1.165, 1.54) is 11.1 Å². The molecule has 0 saturated carbocycles. The van der Waals surface area contributed by atoms with Crippen LogP contribution in [0.2, 0.25) is 0 Å². The minimum absolute atomic E-state index is 0. The van der Waals surface area contributed by atoms with Crippen molar-refractivity contribution in [3.8, 4) is 0 Å². The number of nitrogens with one attached hydrogen (secondary N) is 2. The second kappa shape index (κ2) is 8.50. The normalized spacial score (nSPS) is 20.8. The van der Waals surface area contributed by atoms with E-state index in [1.807, 2.05) is 19.4 Å². The van der Waals surface area contributed by atoms with Crippen LogP contribution in [0.4, 0.5) is 0 Å². The number of benzene rings is 1. The number of aromatic nitrogens is 2. The maximum atomic E-state index is 12.9. The minimum Gasteiger partial charge on any atom is -0.349 e. The van der Waals surface area contributed by atoms with Gasteiger partial charge in [0.05, 0.1) is 18.2 Å². The zero-order valence-electron chi connectivity index (χ0n) is 15.0. The molecule has 5 nitrogen and oxygen atoms in total.